The van der Waals surface area contributed by atoms with Gasteiger partial charge in [-0.1, -0.05) is 6.92 Å². The summed E-state index contributed by atoms with van der Waals surface area (Å²) in [5.41, 5.74) is 2.14. The lowest BCUT2D eigenvalue weighted by Crippen LogP contribution is -2.33. The Bertz CT molecular complexity index is 787. The molecule has 3 N–H and O–H groups in total. The van der Waals surface area contributed by atoms with Crippen molar-refractivity contribution in [3.8, 4) is 11.5 Å². The maximum atomic E-state index is 12.2. The summed E-state index contributed by atoms with van der Waals surface area (Å²) in [6.45, 7) is 5.07. The zero-order valence-corrected chi connectivity index (χ0v) is 18.5. The van der Waals surface area contributed by atoms with Crippen LogP contribution < -0.4 is 20.1 Å². The summed E-state index contributed by atoms with van der Waals surface area (Å²) >= 11 is 0. The molecule has 7 heteroatoms. The second-order valence-corrected chi connectivity index (χ2v) is 7.81. The summed E-state index contributed by atoms with van der Waals surface area (Å²) in [5, 5.41) is 7.52. The van der Waals surface area contributed by atoms with Gasteiger partial charge in [0, 0.05) is 36.2 Å². The van der Waals surface area contributed by atoms with Crippen LogP contribution in [0.3, 0.4) is 0 Å². The van der Waals surface area contributed by atoms with Gasteiger partial charge in [0.05, 0.1) is 19.7 Å². The highest BCUT2D eigenvalue weighted by atomic mass is 35.5. The number of hydrogen-bond acceptors (Lipinski definition) is 4. The predicted octanol–water partition coefficient (Wildman–Crippen LogP) is 3.68. The fourth-order valence-electron chi connectivity index (χ4n) is 4.11. The van der Waals surface area contributed by atoms with Crippen molar-refractivity contribution in [1.82, 2.24) is 15.6 Å². The quantitative estimate of drug-likeness (QED) is 0.538. The third-order valence-corrected chi connectivity index (χ3v) is 5.83. The van der Waals surface area contributed by atoms with Crippen molar-refractivity contribution in [2.24, 2.45) is 11.8 Å². The number of ether oxygens (including phenoxy) is 2. The first kappa shape index (κ1) is 23.4. The molecule has 162 valence electrons. The van der Waals surface area contributed by atoms with Crippen molar-refractivity contribution in [3.63, 3.8) is 0 Å². The number of H-pyrrole nitrogens is 1. The summed E-state index contributed by atoms with van der Waals surface area (Å²) in [4.78, 5) is 15.7. The number of aryl methyl sites for hydroxylation is 1. The third kappa shape index (κ3) is 6.28. The highest BCUT2D eigenvalue weighted by molar-refractivity contribution is 5.88. The average Bonchev–Trinajstić information content (AvgIpc) is 3.13. The van der Waals surface area contributed by atoms with Crippen molar-refractivity contribution in [2.75, 3.05) is 33.9 Å². The molecule has 0 spiro atoms. The van der Waals surface area contributed by atoms with Gasteiger partial charge in [-0.2, -0.15) is 0 Å². The Morgan fingerprint density at radius 3 is 2.66 bits per heavy atom. The molecule has 1 aliphatic heterocycles. The van der Waals surface area contributed by atoms with Crippen LogP contribution in [0.2, 0.25) is 0 Å². The van der Waals surface area contributed by atoms with Crippen LogP contribution >= 0.6 is 12.4 Å². The summed E-state index contributed by atoms with van der Waals surface area (Å²) < 4.78 is 10.8. The number of carbonyl (C=O) groups excluding carboxylic acids is 1. The molecule has 0 aliphatic carbocycles. The first-order chi connectivity index (χ1) is 13.6. The number of rotatable bonds is 9. The largest absolute Gasteiger partial charge is 0.497 e. The van der Waals surface area contributed by atoms with Gasteiger partial charge >= 0.3 is 0 Å². The molecular formula is C22H34ClN3O3. The van der Waals surface area contributed by atoms with Crippen molar-refractivity contribution in [1.29, 1.82) is 0 Å². The fraction of sp³-hybridized carbons (Fsp3) is 0.591. The Kier molecular flexibility index (Phi) is 9.11. The van der Waals surface area contributed by atoms with Crippen LogP contribution in [0.5, 0.6) is 11.5 Å². The third-order valence-electron chi connectivity index (χ3n) is 5.83. The van der Waals surface area contributed by atoms with Crippen molar-refractivity contribution in [3.05, 3.63) is 23.9 Å². The van der Waals surface area contributed by atoms with Crippen LogP contribution in [0.4, 0.5) is 0 Å². The number of nitrogens with one attached hydrogen (secondary N) is 3. The molecule has 0 bridgehead atoms. The highest BCUT2D eigenvalue weighted by Gasteiger charge is 2.21. The van der Waals surface area contributed by atoms with E-state index in [1.54, 1.807) is 14.2 Å². The van der Waals surface area contributed by atoms with E-state index < -0.39 is 0 Å². The van der Waals surface area contributed by atoms with Crippen LogP contribution in [0, 0.1) is 11.8 Å². The topological polar surface area (TPSA) is 75.4 Å². The zero-order chi connectivity index (χ0) is 19.9. The van der Waals surface area contributed by atoms with E-state index in [4.69, 9.17) is 9.47 Å². The van der Waals surface area contributed by atoms with Crippen LogP contribution in [0.25, 0.3) is 10.9 Å². The number of hydrogen-bond donors (Lipinski definition) is 3. The molecule has 0 radical (unpaired) electrons. The summed E-state index contributed by atoms with van der Waals surface area (Å²) in [6.07, 6.45) is 4.78. The number of aromatic amines is 1. The predicted molar refractivity (Wildman–Crippen MR) is 119 cm³/mol. The molecule has 1 unspecified atom stereocenters. The normalized spacial score (nSPS) is 15.6. The van der Waals surface area contributed by atoms with Gasteiger partial charge in [0.25, 0.3) is 0 Å². The standard InChI is InChI=1S/C22H33N3O3.ClH/c1-15(16-6-9-23-10-7-16)11-22(26)24-8-4-5-17-12-19-20(25-17)13-18(27-2)14-21(19)28-3;/h12-16,23,25H,4-11H2,1-3H3,(H,24,26);1H. The SMILES string of the molecule is COc1cc(OC)c2cc(CCCNC(=O)CC(C)C3CCNCC3)[nH]c2c1.Cl. The molecule has 2 aromatic rings. The number of methoxy groups -OCH3 is 2. The zero-order valence-electron chi connectivity index (χ0n) is 17.7. The van der Waals surface area contributed by atoms with Crippen LogP contribution in [0.15, 0.2) is 18.2 Å². The molecule has 1 saturated heterocycles. The van der Waals surface area contributed by atoms with E-state index in [-0.39, 0.29) is 18.3 Å². The van der Waals surface area contributed by atoms with Crippen LogP contribution in [0.1, 0.15) is 38.3 Å². The van der Waals surface area contributed by atoms with Crippen molar-refractivity contribution in [2.45, 2.75) is 39.0 Å². The number of carbonyl (C=O) groups is 1. The Balaban J connectivity index is 0.00000300. The molecule has 1 aromatic heterocycles. The van der Waals surface area contributed by atoms with Crippen molar-refractivity contribution >= 4 is 29.2 Å². The molecule has 3 rings (SSSR count). The second-order valence-electron chi connectivity index (χ2n) is 7.81. The van der Waals surface area contributed by atoms with Crippen LogP contribution in [-0.4, -0.2) is 44.7 Å². The van der Waals surface area contributed by atoms with E-state index >= 15 is 0 Å². The maximum absolute atomic E-state index is 12.2. The number of benzene rings is 1. The number of fused-ring (bicyclic) bond motifs is 1. The summed E-state index contributed by atoms with van der Waals surface area (Å²) in [6, 6.07) is 5.99. The summed E-state index contributed by atoms with van der Waals surface area (Å²) in [5.74, 6) is 2.88. The van der Waals surface area contributed by atoms with E-state index in [1.807, 2.05) is 12.1 Å². The first-order valence-electron chi connectivity index (χ1n) is 10.3. The average molecular weight is 424 g/mol. The lowest BCUT2D eigenvalue weighted by Gasteiger charge is -2.27. The van der Waals surface area contributed by atoms with E-state index in [1.165, 1.54) is 12.8 Å². The molecule has 1 fully saturated rings. The molecule has 1 aliphatic rings. The molecule has 29 heavy (non-hydrogen) atoms. The second kappa shape index (κ2) is 11.3. The van der Waals surface area contributed by atoms with E-state index in [0.29, 0.717) is 24.8 Å². The van der Waals surface area contributed by atoms with Gasteiger partial charge in [0.2, 0.25) is 5.91 Å². The van der Waals surface area contributed by atoms with Gasteiger partial charge < -0.3 is 25.1 Å². The molecule has 1 atom stereocenters. The number of piperidine rings is 1. The molecule has 0 saturated carbocycles. The van der Waals surface area contributed by atoms with Crippen LogP contribution in [-0.2, 0) is 11.2 Å². The number of halogens is 1. The van der Waals surface area contributed by atoms with E-state index in [9.17, 15) is 4.79 Å². The first-order valence-corrected chi connectivity index (χ1v) is 10.3. The number of aromatic nitrogens is 1. The van der Waals surface area contributed by atoms with Gasteiger partial charge in [-0.3, -0.25) is 4.79 Å². The maximum Gasteiger partial charge on any atom is 0.220 e. The fourth-order valence-corrected chi connectivity index (χ4v) is 4.11. The minimum Gasteiger partial charge on any atom is -0.497 e. The van der Waals surface area contributed by atoms with Gasteiger partial charge in [-0.05, 0) is 56.7 Å². The Morgan fingerprint density at radius 1 is 1.21 bits per heavy atom. The highest BCUT2D eigenvalue weighted by Crippen LogP contribution is 2.31. The van der Waals surface area contributed by atoms with Crippen molar-refractivity contribution < 1.29 is 14.3 Å². The molecule has 2 heterocycles. The lowest BCUT2D eigenvalue weighted by molar-refractivity contribution is -0.122. The minimum absolute atomic E-state index is 0. The lowest BCUT2D eigenvalue weighted by atomic mass is 9.84. The molecular weight excluding hydrogens is 390 g/mol. The minimum atomic E-state index is 0. The summed E-state index contributed by atoms with van der Waals surface area (Å²) in [7, 11) is 3.32. The van der Waals surface area contributed by atoms with Gasteiger partial charge in [0.15, 0.2) is 0 Å². The monoisotopic (exact) mass is 423 g/mol. The number of amides is 1. The molecule has 6 nitrogen and oxygen atoms in total. The Morgan fingerprint density at radius 2 is 1.97 bits per heavy atom. The Labute approximate surface area is 179 Å². The van der Waals surface area contributed by atoms with Gasteiger partial charge in [-0.25, -0.2) is 0 Å². The van der Waals surface area contributed by atoms with Gasteiger partial charge in [-0.15, -0.1) is 12.4 Å². The Hall–Kier alpha value is -1.92. The molecule has 1 amide bonds. The van der Waals surface area contributed by atoms with E-state index in [0.717, 1.165) is 54.0 Å². The smallest absolute Gasteiger partial charge is 0.220 e. The molecule has 1 aromatic carbocycles. The van der Waals surface area contributed by atoms with E-state index in [2.05, 4.69) is 28.6 Å². The van der Waals surface area contributed by atoms with Gasteiger partial charge in [0.1, 0.15) is 11.5 Å².